The number of amides is 1. The van der Waals surface area contributed by atoms with Crippen LogP contribution in [0.25, 0.3) is 11.0 Å². The fourth-order valence-corrected chi connectivity index (χ4v) is 2.04. The second-order valence-electron chi connectivity index (χ2n) is 4.59. The predicted octanol–water partition coefficient (Wildman–Crippen LogP) is 2.11. The van der Waals surface area contributed by atoms with Gasteiger partial charge >= 0.3 is 0 Å². The Morgan fingerprint density at radius 2 is 2.35 bits per heavy atom. The molecule has 0 unspecified atom stereocenters. The van der Waals surface area contributed by atoms with Crippen LogP contribution >= 0.6 is 0 Å². The summed E-state index contributed by atoms with van der Waals surface area (Å²) in [7, 11) is 0. The molecule has 2 N–H and O–H groups in total. The zero-order chi connectivity index (χ0) is 14.5. The van der Waals surface area contributed by atoms with Crippen molar-refractivity contribution in [1.29, 1.82) is 0 Å². The van der Waals surface area contributed by atoms with Crippen molar-refractivity contribution >= 4 is 16.9 Å². The topological polar surface area (TPSA) is 62.5 Å². The third-order valence-electron chi connectivity index (χ3n) is 3.21. The van der Waals surface area contributed by atoms with Gasteiger partial charge in [-0.15, -0.1) is 12.3 Å². The summed E-state index contributed by atoms with van der Waals surface area (Å²) in [5, 5.41) is 12.7. The largest absolute Gasteiger partial charge is 0.463 e. The molecular weight excluding hydrogens is 254 g/mol. The van der Waals surface area contributed by atoms with Gasteiger partial charge in [0.15, 0.2) is 0 Å². The summed E-state index contributed by atoms with van der Waals surface area (Å²) in [5.74, 6) is 2.14. The van der Waals surface area contributed by atoms with Gasteiger partial charge in [0.25, 0.3) is 5.91 Å². The fraction of sp³-hybridized carbons (Fsp3) is 0.312. The number of rotatable bonds is 5. The van der Waals surface area contributed by atoms with E-state index in [1.807, 2.05) is 18.2 Å². The maximum Gasteiger partial charge on any atom is 0.255 e. The SMILES string of the molecule is C#CC[C@@H](CO)NC(=O)c1coc2ccc(CC)cc12. The highest BCUT2D eigenvalue weighted by molar-refractivity contribution is 6.06. The van der Waals surface area contributed by atoms with Crippen LogP contribution in [-0.2, 0) is 6.42 Å². The first-order valence-electron chi connectivity index (χ1n) is 6.54. The number of carbonyl (C=O) groups excluding carboxylic acids is 1. The Bertz CT molecular complexity index is 651. The Morgan fingerprint density at radius 1 is 1.55 bits per heavy atom. The number of aryl methyl sites for hydroxylation is 1. The summed E-state index contributed by atoms with van der Waals surface area (Å²) in [5.41, 5.74) is 2.27. The van der Waals surface area contributed by atoms with Crippen molar-refractivity contribution < 1.29 is 14.3 Å². The molecule has 4 heteroatoms. The molecule has 1 aromatic carbocycles. The van der Waals surface area contributed by atoms with Gasteiger partial charge in [-0.2, -0.15) is 0 Å². The second-order valence-corrected chi connectivity index (χ2v) is 4.59. The number of nitrogens with one attached hydrogen (secondary N) is 1. The van der Waals surface area contributed by atoms with Gasteiger partial charge in [0.1, 0.15) is 11.8 Å². The van der Waals surface area contributed by atoms with Gasteiger partial charge in [-0.05, 0) is 24.1 Å². The summed E-state index contributed by atoms with van der Waals surface area (Å²) in [6.45, 7) is 1.86. The molecule has 1 heterocycles. The van der Waals surface area contributed by atoms with Crippen LogP contribution in [0.15, 0.2) is 28.9 Å². The maximum absolute atomic E-state index is 12.2. The first-order valence-corrected chi connectivity index (χ1v) is 6.54. The highest BCUT2D eigenvalue weighted by Gasteiger charge is 2.17. The van der Waals surface area contributed by atoms with Gasteiger partial charge in [-0.25, -0.2) is 0 Å². The van der Waals surface area contributed by atoms with Crippen LogP contribution in [0.1, 0.15) is 29.3 Å². The smallest absolute Gasteiger partial charge is 0.255 e. The zero-order valence-electron chi connectivity index (χ0n) is 11.3. The van der Waals surface area contributed by atoms with E-state index in [4.69, 9.17) is 15.9 Å². The highest BCUT2D eigenvalue weighted by atomic mass is 16.3. The Hall–Kier alpha value is -2.25. The molecule has 0 radical (unpaired) electrons. The molecule has 0 aliphatic carbocycles. The lowest BCUT2D eigenvalue weighted by atomic mass is 10.1. The van der Waals surface area contributed by atoms with E-state index in [0.717, 1.165) is 17.4 Å². The van der Waals surface area contributed by atoms with E-state index >= 15 is 0 Å². The van der Waals surface area contributed by atoms with E-state index < -0.39 is 6.04 Å². The quantitative estimate of drug-likeness (QED) is 0.819. The van der Waals surface area contributed by atoms with Crippen molar-refractivity contribution in [2.24, 2.45) is 0 Å². The third-order valence-corrected chi connectivity index (χ3v) is 3.21. The number of aliphatic hydroxyl groups excluding tert-OH is 1. The molecule has 0 saturated heterocycles. The van der Waals surface area contributed by atoms with Gasteiger partial charge in [-0.1, -0.05) is 13.0 Å². The monoisotopic (exact) mass is 271 g/mol. The molecule has 1 aromatic heterocycles. The molecule has 4 nitrogen and oxygen atoms in total. The summed E-state index contributed by atoms with van der Waals surface area (Å²) in [6.07, 6.45) is 7.81. The van der Waals surface area contributed by atoms with Crippen molar-refractivity contribution in [2.45, 2.75) is 25.8 Å². The Balaban J connectivity index is 2.28. The predicted molar refractivity (Wildman–Crippen MR) is 77.4 cm³/mol. The van der Waals surface area contributed by atoms with E-state index in [0.29, 0.717) is 11.1 Å². The molecule has 0 spiro atoms. The number of benzene rings is 1. The van der Waals surface area contributed by atoms with E-state index in [1.54, 1.807) is 0 Å². The van der Waals surface area contributed by atoms with Gasteiger partial charge < -0.3 is 14.8 Å². The standard InChI is InChI=1S/C16H17NO3/c1-3-5-12(9-18)17-16(19)14-10-20-15-7-6-11(4-2)8-13(14)15/h1,6-8,10,12,18H,4-5,9H2,2H3,(H,17,19)/t12-/m0/s1. The summed E-state index contributed by atoms with van der Waals surface area (Å²) in [4.78, 5) is 12.2. The minimum atomic E-state index is -0.438. The summed E-state index contributed by atoms with van der Waals surface area (Å²) in [6, 6.07) is 5.34. The second kappa shape index (κ2) is 6.27. The normalized spacial score (nSPS) is 12.1. The van der Waals surface area contributed by atoms with Crippen LogP contribution in [0.2, 0.25) is 0 Å². The van der Waals surface area contributed by atoms with Crippen molar-refractivity contribution in [3.8, 4) is 12.3 Å². The molecule has 2 aromatic rings. The van der Waals surface area contributed by atoms with Crippen molar-refractivity contribution in [1.82, 2.24) is 5.32 Å². The average molecular weight is 271 g/mol. The van der Waals surface area contributed by atoms with Crippen LogP contribution in [-0.4, -0.2) is 23.7 Å². The number of furan rings is 1. The lowest BCUT2D eigenvalue weighted by Gasteiger charge is -2.12. The number of carbonyl (C=O) groups is 1. The molecular formula is C16H17NO3. The lowest BCUT2D eigenvalue weighted by Crippen LogP contribution is -2.37. The zero-order valence-corrected chi connectivity index (χ0v) is 11.3. The average Bonchev–Trinajstić information content (AvgIpc) is 2.89. The molecule has 1 atom stereocenters. The van der Waals surface area contributed by atoms with Crippen LogP contribution in [0.5, 0.6) is 0 Å². The molecule has 0 fully saturated rings. The molecule has 0 saturated carbocycles. The fourth-order valence-electron chi connectivity index (χ4n) is 2.04. The molecule has 20 heavy (non-hydrogen) atoms. The Morgan fingerprint density at radius 3 is 3.00 bits per heavy atom. The lowest BCUT2D eigenvalue weighted by molar-refractivity contribution is 0.0919. The maximum atomic E-state index is 12.2. The van der Waals surface area contributed by atoms with Gasteiger partial charge in [0.05, 0.1) is 18.2 Å². The summed E-state index contributed by atoms with van der Waals surface area (Å²) >= 11 is 0. The van der Waals surface area contributed by atoms with Gasteiger partial charge in [0, 0.05) is 11.8 Å². The van der Waals surface area contributed by atoms with E-state index in [9.17, 15) is 4.79 Å². The molecule has 0 aliphatic heterocycles. The van der Waals surface area contributed by atoms with Crippen molar-refractivity contribution in [3.05, 3.63) is 35.6 Å². The van der Waals surface area contributed by atoms with Crippen LogP contribution in [0, 0.1) is 12.3 Å². The molecule has 104 valence electrons. The van der Waals surface area contributed by atoms with Gasteiger partial charge in [0.2, 0.25) is 0 Å². The minimum absolute atomic E-state index is 0.189. The Kier molecular flexibility index (Phi) is 4.44. The molecule has 0 aliphatic rings. The highest BCUT2D eigenvalue weighted by Crippen LogP contribution is 2.23. The van der Waals surface area contributed by atoms with Crippen molar-refractivity contribution in [2.75, 3.05) is 6.61 Å². The number of aliphatic hydroxyl groups is 1. The first-order chi connectivity index (χ1) is 9.69. The van der Waals surface area contributed by atoms with E-state index in [2.05, 4.69) is 18.2 Å². The van der Waals surface area contributed by atoms with Crippen LogP contribution in [0.4, 0.5) is 0 Å². The van der Waals surface area contributed by atoms with Crippen LogP contribution in [0.3, 0.4) is 0 Å². The summed E-state index contributed by atoms with van der Waals surface area (Å²) < 4.78 is 5.38. The van der Waals surface area contributed by atoms with E-state index in [-0.39, 0.29) is 18.9 Å². The molecule has 1 amide bonds. The van der Waals surface area contributed by atoms with E-state index in [1.165, 1.54) is 6.26 Å². The molecule has 0 bridgehead atoms. The number of fused-ring (bicyclic) bond motifs is 1. The van der Waals surface area contributed by atoms with Crippen molar-refractivity contribution in [3.63, 3.8) is 0 Å². The Labute approximate surface area is 117 Å². The number of hydrogen-bond donors (Lipinski definition) is 2. The number of hydrogen-bond acceptors (Lipinski definition) is 3. The third kappa shape index (κ3) is 2.84. The van der Waals surface area contributed by atoms with Gasteiger partial charge in [-0.3, -0.25) is 4.79 Å². The first kappa shape index (κ1) is 14.2. The minimum Gasteiger partial charge on any atom is -0.463 e. The van der Waals surface area contributed by atoms with Crippen LogP contribution < -0.4 is 5.32 Å². The molecule has 2 rings (SSSR count). The number of terminal acetylenes is 1.